The fraction of sp³-hybridized carbons (Fsp3) is 0.667. The molecule has 2 N–H and O–H groups in total. The minimum atomic E-state index is 0.455. The van der Waals surface area contributed by atoms with Crippen molar-refractivity contribution in [3.05, 3.63) is 16.6 Å². The number of hydrogen-bond donors (Lipinski definition) is 1. The molecule has 0 radical (unpaired) electrons. The number of hydrogen-bond acceptors (Lipinski definition) is 4. The normalized spacial score (nSPS) is 29.7. The molecule has 3 nitrogen and oxygen atoms in total. The number of likely N-dealkylation sites (tertiary alicyclic amines) is 1. The SMILES string of the molecule is CN1CCC(CN)C1c1cscn1. The van der Waals surface area contributed by atoms with Crippen LogP contribution < -0.4 is 5.73 Å². The minimum Gasteiger partial charge on any atom is -0.330 e. The zero-order chi connectivity index (χ0) is 9.26. The van der Waals surface area contributed by atoms with Gasteiger partial charge in [-0.05, 0) is 32.5 Å². The zero-order valence-electron chi connectivity index (χ0n) is 7.81. The van der Waals surface area contributed by atoms with Crippen LogP contribution in [0.2, 0.25) is 0 Å². The number of aromatic nitrogens is 1. The predicted octanol–water partition coefficient (Wildman–Crippen LogP) is 1.09. The van der Waals surface area contributed by atoms with Crippen molar-refractivity contribution in [2.75, 3.05) is 20.1 Å². The molecule has 2 rings (SSSR count). The van der Waals surface area contributed by atoms with Crippen LogP contribution in [0.4, 0.5) is 0 Å². The molecule has 72 valence electrons. The Kier molecular flexibility index (Phi) is 2.62. The first kappa shape index (κ1) is 9.12. The Morgan fingerprint density at radius 1 is 1.77 bits per heavy atom. The lowest BCUT2D eigenvalue weighted by Crippen LogP contribution is -2.25. The molecule has 1 aromatic heterocycles. The molecule has 0 aromatic carbocycles. The molecule has 13 heavy (non-hydrogen) atoms. The molecule has 0 aliphatic carbocycles. The van der Waals surface area contributed by atoms with Crippen molar-refractivity contribution < 1.29 is 0 Å². The first-order valence-electron chi connectivity index (χ1n) is 4.61. The molecular weight excluding hydrogens is 182 g/mol. The highest BCUT2D eigenvalue weighted by Gasteiger charge is 2.32. The monoisotopic (exact) mass is 197 g/mol. The van der Waals surface area contributed by atoms with E-state index in [4.69, 9.17) is 5.73 Å². The van der Waals surface area contributed by atoms with Crippen molar-refractivity contribution in [2.24, 2.45) is 11.7 Å². The summed E-state index contributed by atoms with van der Waals surface area (Å²) >= 11 is 1.66. The van der Waals surface area contributed by atoms with Crippen molar-refractivity contribution in [1.29, 1.82) is 0 Å². The molecule has 1 aromatic rings. The molecule has 2 unspecified atom stereocenters. The maximum Gasteiger partial charge on any atom is 0.0795 e. The van der Waals surface area contributed by atoms with E-state index in [0.717, 1.165) is 13.1 Å². The van der Waals surface area contributed by atoms with Gasteiger partial charge in [-0.25, -0.2) is 4.98 Å². The van der Waals surface area contributed by atoms with Gasteiger partial charge in [-0.2, -0.15) is 0 Å². The van der Waals surface area contributed by atoms with Gasteiger partial charge < -0.3 is 5.73 Å². The Morgan fingerprint density at radius 2 is 2.62 bits per heavy atom. The molecule has 0 amide bonds. The lowest BCUT2D eigenvalue weighted by atomic mass is 9.99. The average Bonchev–Trinajstić information content (AvgIpc) is 2.72. The van der Waals surface area contributed by atoms with Gasteiger partial charge in [0.1, 0.15) is 0 Å². The summed E-state index contributed by atoms with van der Waals surface area (Å²) in [4.78, 5) is 6.72. The van der Waals surface area contributed by atoms with Crippen molar-refractivity contribution in [3.8, 4) is 0 Å². The molecule has 1 aliphatic rings. The summed E-state index contributed by atoms with van der Waals surface area (Å²) in [5.74, 6) is 0.590. The van der Waals surface area contributed by atoms with E-state index in [1.807, 2.05) is 5.51 Å². The van der Waals surface area contributed by atoms with Crippen LogP contribution in [-0.4, -0.2) is 30.0 Å². The Hall–Kier alpha value is -0.450. The van der Waals surface area contributed by atoms with Crippen LogP contribution in [0.5, 0.6) is 0 Å². The first-order chi connectivity index (χ1) is 6.33. The Labute approximate surface area is 82.6 Å². The second kappa shape index (κ2) is 3.74. The highest BCUT2D eigenvalue weighted by Crippen LogP contribution is 2.34. The van der Waals surface area contributed by atoms with E-state index in [9.17, 15) is 0 Å². The highest BCUT2D eigenvalue weighted by atomic mass is 32.1. The molecule has 0 bridgehead atoms. The van der Waals surface area contributed by atoms with Crippen LogP contribution in [0.1, 0.15) is 18.2 Å². The molecule has 1 saturated heterocycles. The molecule has 1 aliphatic heterocycles. The van der Waals surface area contributed by atoms with Crippen LogP contribution in [0.25, 0.3) is 0 Å². The topological polar surface area (TPSA) is 42.1 Å². The molecule has 2 heterocycles. The van der Waals surface area contributed by atoms with Gasteiger partial charge in [0.15, 0.2) is 0 Å². The van der Waals surface area contributed by atoms with Crippen molar-refractivity contribution in [3.63, 3.8) is 0 Å². The van der Waals surface area contributed by atoms with Gasteiger partial charge in [0.05, 0.1) is 17.2 Å². The van der Waals surface area contributed by atoms with E-state index in [1.54, 1.807) is 11.3 Å². The van der Waals surface area contributed by atoms with Crippen LogP contribution >= 0.6 is 11.3 Å². The average molecular weight is 197 g/mol. The van der Waals surface area contributed by atoms with E-state index in [-0.39, 0.29) is 0 Å². The Bertz CT molecular complexity index is 260. The number of nitrogens with zero attached hydrogens (tertiary/aromatic N) is 2. The van der Waals surface area contributed by atoms with Crippen molar-refractivity contribution >= 4 is 11.3 Å². The number of nitrogens with two attached hydrogens (primary N) is 1. The molecule has 4 heteroatoms. The number of thiazole rings is 1. The van der Waals surface area contributed by atoms with Gasteiger partial charge >= 0.3 is 0 Å². The zero-order valence-corrected chi connectivity index (χ0v) is 8.63. The summed E-state index contributed by atoms with van der Waals surface area (Å²) in [7, 11) is 2.15. The smallest absolute Gasteiger partial charge is 0.0795 e. The lowest BCUT2D eigenvalue weighted by Gasteiger charge is -2.22. The molecule has 1 fully saturated rings. The predicted molar refractivity (Wildman–Crippen MR) is 54.6 cm³/mol. The maximum absolute atomic E-state index is 5.74. The number of rotatable bonds is 2. The van der Waals surface area contributed by atoms with Gasteiger partial charge in [0.2, 0.25) is 0 Å². The molecule has 0 spiro atoms. The van der Waals surface area contributed by atoms with Crippen molar-refractivity contribution in [1.82, 2.24) is 9.88 Å². The third-order valence-corrected chi connectivity index (χ3v) is 3.44. The summed E-state index contributed by atoms with van der Waals surface area (Å²) in [6, 6.07) is 0.455. The third-order valence-electron chi connectivity index (χ3n) is 2.83. The quantitative estimate of drug-likeness (QED) is 0.772. The second-order valence-electron chi connectivity index (χ2n) is 3.62. The first-order valence-corrected chi connectivity index (χ1v) is 5.55. The fourth-order valence-electron chi connectivity index (χ4n) is 2.11. The fourth-order valence-corrected chi connectivity index (χ4v) is 2.69. The van der Waals surface area contributed by atoms with Gasteiger partial charge in [-0.3, -0.25) is 4.90 Å². The summed E-state index contributed by atoms with van der Waals surface area (Å²) in [5.41, 5.74) is 8.83. The van der Waals surface area contributed by atoms with Gasteiger partial charge in [0, 0.05) is 5.38 Å². The van der Waals surface area contributed by atoms with Crippen LogP contribution in [0, 0.1) is 5.92 Å². The van der Waals surface area contributed by atoms with E-state index in [2.05, 4.69) is 22.3 Å². The summed E-state index contributed by atoms with van der Waals surface area (Å²) < 4.78 is 0. The van der Waals surface area contributed by atoms with Gasteiger partial charge in [-0.15, -0.1) is 11.3 Å². The van der Waals surface area contributed by atoms with Gasteiger partial charge in [0.25, 0.3) is 0 Å². The largest absolute Gasteiger partial charge is 0.330 e. The van der Waals surface area contributed by atoms with E-state index in [1.165, 1.54) is 12.1 Å². The van der Waals surface area contributed by atoms with E-state index < -0.39 is 0 Å². The van der Waals surface area contributed by atoms with Crippen LogP contribution in [0.3, 0.4) is 0 Å². The Morgan fingerprint density at radius 3 is 3.23 bits per heavy atom. The molecule has 2 atom stereocenters. The second-order valence-corrected chi connectivity index (χ2v) is 4.34. The van der Waals surface area contributed by atoms with Gasteiger partial charge in [-0.1, -0.05) is 0 Å². The summed E-state index contributed by atoms with van der Waals surface area (Å²) in [5, 5.41) is 2.13. The Balaban J connectivity index is 2.20. The van der Waals surface area contributed by atoms with Crippen molar-refractivity contribution in [2.45, 2.75) is 12.5 Å². The third kappa shape index (κ3) is 1.61. The van der Waals surface area contributed by atoms with Crippen LogP contribution in [0.15, 0.2) is 10.9 Å². The summed E-state index contributed by atoms with van der Waals surface area (Å²) in [6.07, 6.45) is 1.20. The van der Waals surface area contributed by atoms with E-state index in [0.29, 0.717) is 12.0 Å². The van der Waals surface area contributed by atoms with E-state index >= 15 is 0 Å². The van der Waals surface area contributed by atoms with Crippen LogP contribution in [-0.2, 0) is 0 Å². The maximum atomic E-state index is 5.74. The highest BCUT2D eigenvalue weighted by molar-refractivity contribution is 7.07. The lowest BCUT2D eigenvalue weighted by molar-refractivity contribution is 0.275. The molecule has 0 saturated carbocycles. The summed E-state index contributed by atoms with van der Waals surface area (Å²) in [6.45, 7) is 1.91. The standard InChI is InChI=1S/C9H15N3S/c1-12-3-2-7(4-10)9(12)8-5-13-6-11-8/h5-7,9H,2-4,10H2,1H3. The molecular formula is C9H15N3S. The minimum absolute atomic E-state index is 0.455.